The summed E-state index contributed by atoms with van der Waals surface area (Å²) in [7, 11) is 0. The quantitative estimate of drug-likeness (QED) is 0.838. The van der Waals surface area contributed by atoms with Gasteiger partial charge in [0.1, 0.15) is 5.75 Å². The molecule has 3 heteroatoms. The van der Waals surface area contributed by atoms with Gasteiger partial charge in [-0.05, 0) is 62.6 Å². The van der Waals surface area contributed by atoms with Gasteiger partial charge < -0.3 is 5.11 Å². The van der Waals surface area contributed by atoms with Crippen molar-refractivity contribution in [2.45, 2.75) is 27.7 Å². The Labute approximate surface area is 137 Å². The molecule has 2 aromatic rings. The first-order valence-electron chi connectivity index (χ1n) is 7.49. The minimum absolute atomic E-state index is 0.123. The SMILES string of the molecule is C=C(C)C(=O)/C(=C\C)c1cccc(-c2cc(C)cc(C)c2O)n1. The molecule has 0 radical (unpaired) electrons. The minimum atomic E-state index is -0.123. The number of aromatic hydroxyl groups is 1. The maximum absolute atomic E-state index is 12.2. The Hall–Kier alpha value is -2.68. The van der Waals surface area contributed by atoms with E-state index in [-0.39, 0.29) is 11.5 Å². The van der Waals surface area contributed by atoms with Gasteiger partial charge >= 0.3 is 0 Å². The third-order valence-electron chi connectivity index (χ3n) is 3.67. The summed E-state index contributed by atoms with van der Waals surface area (Å²) in [5.41, 5.74) is 4.73. The Bertz CT molecular complexity index is 816. The molecule has 0 atom stereocenters. The van der Waals surface area contributed by atoms with Crippen LogP contribution < -0.4 is 0 Å². The van der Waals surface area contributed by atoms with Crippen molar-refractivity contribution in [2.24, 2.45) is 0 Å². The van der Waals surface area contributed by atoms with Crippen LogP contribution in [-0.4, -0.2) is 15.9 Å². The molecule has 0 spiro atoms. The summed E-state index contributed by atoms with van der Waals surface area (Å²) in [6.07, 6.45) is 1.74. The van der Waals surface area contributed by atoms with Crippen LogP contribution in [0.2, 0.25) is 0 Å². The second-order valence-corrected chi connectivity index (χ2v) is 5.70. The number of hydrogen-bond acceptors (Lipinski definition) is 3. The predicted octanol–water partition coefficient (Wildman–Crippen LogP) is 4.62. The average molecular weight is 307 g/mol. The maximum atomic E-state index is 12.2. The first-order chi connectivity index (χ1) is 10.8. The molecule has 0 unspecified atom stereocenters. The molecule has 0 bridgehead atoms. The molecule has 118 valence electrons. The van der Waals surface area contributed by atoms with Crippen molar-refractivity contribution in [3.05, 3.63) is 65.4 Å². The second-order valence-electron chi connectivity index (χ2n) is 5.70. The zero-order chi connectivity index (χ0) is 17.1. The molecule has 0 saturated heterocycles. The number of allylic oxidation sites excluding steroid dienone is 3. The first kappa shape index (κ1) is 16.7. The van der Waals surface area contributed by atoms with Gasteiger partial charge in [-0.1, -0.05) is 24.8 Å². The zero-order valence-corrected chi connectivity index (χ0v) is 14.0. The Morgan fingerprint density at radius 2 is 1.96 bits per heavy atom. The van der Waals surface area contributed by atoms with E-state index in [1.807, 2.05) is 38.1 Å². The normalized spacial score (nSPS) is 11.4. The van der Waals surface area contributed by atoms with Gasteiger partial charge in [0.2, 0.25) is 0 Å². The van der Waals surface area contributed by atoms with Gasteiger partial charge in [0.25, 0.3) is 0 Å². The number of carbonyl (C=O) groups excluding carboxylic acids is 1. The molecule has 1 heterocycles. The van der Waals surface area contributed by atoms with Crippen molar-refractivity contribution in [2.75, 3.05) is 0 Å². The molecule has 0 saturated carbocycles. The Morgan fingerprint density at radius 1 is 1.26 bits per heavy atom. The third-order valence-corrected chi connectivity index (χ3v) is 3.67. The second kappa shape index (κ2) is 6.61. The smallest absolute Gasteiger partial charge is 0.189 e. The third kappa shape index (κ3) is 3.39. The fraction of sp³-hybridized carbons (Fsp3) is 0.200. The van der Waals surface area contributed by atoms with E-state index >= 15 is 0 Å². The molecule has 2 rings (SSSR count). The van der Waals surface area contributed by atoms with Crippen LogP contribution >= 0.6 is 0 Å². The van der Waals surface area contributed by atoms with Gasteiger partial charge in [-0.15, -0.1) is 0 Å². The van der Waals surface area contributed by atoms with Crippen LogP contribution in [0.3, 0.4) is 0 Å². The van der Waals surface area contributed by atoms with E-state index in [1.54, 1.807) is 26.0 Å². The van der Waals surface area contributed by atoms with E-state index < -0.39 is 0 Å². The summed E-state index contributed by atoms with van der Waals surface area (Å²) >= 11 is 0. The summed E-state index contributed by atoms with van der Waals surface area (Å²) in [4.78, 5) is 16.8. The van der Waals surface area contributed by atoms with Crippen molar-refractivity contribution < 1.29 is 9.90 Å². The largest absolute Gasteiger partial charge is 0.507 e. The molecular formula is C20H21NO2. The zero-order valence-electron chi connectivity index (χ0n) is 14.0. The Morgan fingerprint density at radius 3 is 2.57 bits per heavy atom. The summed E-state index contributed by atoms with van der Waals surface area (Å²) in [6, 6.07) is 9.27. The van der Waals surface area contributed by atoms with Crippen molar-refractivity contribution in [1.82, 2.24) is 4.98 Å². The first-order valence-corrected chi connectivity index (χ1v) is 7.49. The topological polar surface area (TPSA) is 50.2 Å². The number of benzene rings is 1. The number of pyridine rings is 1. The van der Waals surface area contributed by atoms with Crippen LogP contribution in [0.15, 0.2) is 48.6 Å². The van der Waals surface area contributed by atoms with Crippen molar-refractivity contribution in [3.8, 4) is 17.0 Å². The fourth-order valence-electron chi connectivity index (χ4n) is 2.52. The standard InChI is InChI=1S/C20H21NO2/c1-6-15(19(22)12(2)3)17-8-7-9-18(21-17)16-11-13(4)10-14(5)20(16)23/h6-11,23H,2H2,1,3-5H3/b15-6-. The molecule has 0 fully saturated rings. The van der Waals surface area contributed by atoms with Crippen molar-refractivity contribution >= 4 is 11.4 Å². The summed E-state index contributed by atoms with van der Waals surface area (Å²) in [6.45, 7) is 11.0. The molecule has 0 amide bonds. The molecule has 0 aliphatic carbocycles. The van der Waals surface area contributed by atoms with Gasteiger partial charge in [-0.3, -0.25) is 4.79 Å². The van der Waals surface area contributed by atoms with E-state index in [0.717, 1.165) is 11.1 Å². The molecular weight excluding hydrogens is 286 g/mol. The number of rotatable bonds is 4. The number of hydrogen-bond donors (Lipinski definition) is 1. The van der Waals surface area contributed by atoms with Gasteiger partial charge in [0.05, 0.1) is 11.4 Å². The van der Waals surface area contributed by atoms with Gasteiger partial charge in [-0.2, -0.15) is 0 Å². The Balaban J connectivity index is 2.58. The number of nitrogens with zero attached hydrogens (tertiary/aromatic N) is 1. The molecule has 1 aromatic carbocycles. The highest BCUT2D eigenvalue weighted by Crippen LogP contribution is 2.32. The Kier molecular flexibility index (Phi) is 4.80. The lowest BCUT2D eigenvalue weighted by Crippen LogP contribution is -2.04. The van der Waals surface area contributed by atoms with Crippen LogP contribution in [-0.2, 0) is 4.79 Å². The number of Topliss-reactive ketones (excluding diaryl/α,β-unsaturated/α-hetero) is 1. The van der Waals surface area contributed by atoms with Gasteiger partial charge in [0, 0.05) is 11.1 Å². The van der Waals surface area contributed by atoms with E-state index in [4.69, 9.17) is 0 Å². The molecule has 0 aliphatic heterocycles. The summed E-state index contributed by atoms with van der Waals surface area (Å²) in [5.74, 6) is 0.0929. The van der Waals surface area contributed by atoms with Gasteiger partial charge in [0.15, 0.2) is 5.78 Å². The van der Waals surface area contributed by atoms with Crippen LogP contribution in [0.1, 0.15) is 30.7 Å². The number of aromatic nitrogens is 1. The number of carbonyl (C=O) groups is 1. The lowest BCUT2D eigenvalue weighted by Gasteiger charge is -2.11. The number of phenolic OH excluding ortho intramolecular Hbond substituents is 1. The minimum Gasteiger partial charge on any atom is -0.507 e. The van der Waals surface area contributed by atoms with Crippen LogP contribution in [0.4, 0.5) is 0 Å². The van der Waals surface area contributed by atoms with E-state index in [2.05, 4.69) is 11.6 Å². The van der Waals surface area contributed by atoms with Crippen LogP contribution in [0.25, 0.3) is 16.8 Å². The van der Waals surface area contributed by atoms with Crippen molar-refractivity contribution in [1.29, 1.82) is 0 Å². The number of phenols is 1. The van der Waals surface area contributed by atoms with Crippen molar-refractivity contribution in [3.63, 3.8) is 0 Å². The molecule has 1 N–H and O–H groups in total. The van der Waals surface area contributed by atoms with Crippen LogP contribution in [0.5, 0.6) is 5.75 Å². The van der Waals surface area contributed by atoms with E-state index in [0.29, 0.717) is 28.1 Å². The average Bonchev–Trinajstić information content (AvgIpc) is 2.51. The van der Waals surface area contributed by atoms with Gasteiger partial charge in [-0.25, -0.2) is 4.98 Å². The summed E-state index contributed by atoms with van der Waals surface area (Å²) in [5, 5.41) is 10.3. The monoisotopic (exact) mass is 307 g/mol. The molecule has 3 nitrogen and oxygen atoms in total. The molecule has 0 aliphatic rings. The molecule has 1 aromatic heterocycles. The highest BCUT2D eigenvalue weighted by molar-refractivity contribution is 6.27. The highest BCUT2D eigenvalue weighted by atomic mass is 16.3. The lowest BCUT2D eigenvalue weighted by molar-refractivity contribution is -0.110. The fourth-order valence-corrected chi connectivity index (χ4v) is 2.52. The summed E-state index contributed by atoms with van der Waals surface area (Å²) < 4.78 is 0. The van der Waals surface area contributed by atoms with E-state index in [9.17, 15) is 9.90 Å². The number of ketones is 1. The lowest BCUT2D eigenvalue weighted by atomic mass is 10.00. The number of aryl methyl sites for hydroxylation is 2. The molecule has 23 heavy (non-hydrogen) atoms. The van der Waals surface area contributed by atoms with Crippen LogP contribution in [0, 0.1) is 13.8 Å². The predicted molar refractivity (Wildman–Crippen MR) is 94.3 cm³/mol. The van der Waals surface area contributed by atoms with E-state index in [1.165, 1.54) is 0 Å². The maximum Gasteiger partial charge on any atom is 0.189 e. The highest BCUT2D eigenvalue weighted by Gasteiger charge is 2.15.